The SMILES string of the molecule is CCCCCCCCCCCCCCCCC[n+]1ccn(CCCCCCCC)c1CCC. The highest BCUT2D eigenvalue weighted by atomic mass is 15.1. The Balaban J connectivity index is 2.03. The summed E-state index contributed by atoms with van der Waals surface area (Å²) < 4.78 is 5.11. The van der Waals surface area contributed by atoms with Crippen molar-refractivity contribution in [2.75, 3.05) is 0 Å². The molecule has 0 atom stereocenters. The lowest BCUT2D eigenvalue weighted by molar-refractivity contribution is -0.704. The van der Waals surface area contributed by atoms with E-state index in [0.717, 1.165) is 0 Å². The van der Waals surface area contributed by atoms with E-state index in [0.29, 0.717) is 0 Å². The van der Waals surface area contributed by atoms with Crippen LogP contribution in [0, 0.1) is 0 Å². The molecule has 0 saturated carbocycles. The molecule has 2 nitrogen and oxygen atoms in total. The molecular formula is C31H61N2+. The molecule has 0 N–H and O–H groups in total. The molecule has 194 valence electrons. The van der Waals surface area contributed by atoms with Gasteiger partial charge >= 0.3 is 0 Å². The highest BCUT2D eigenvalue weighted by Gasteiger charge is 2.15. The summed E-state index contributed by atoms with van der Waals surface area (Å²) in [6.07, 6.45) is 37.1. The predicted molar refractivity (Wildman–Crippen MR) is 147 cm³/mol. The summed E-state index contributed by atoms with van der Waals surface area (Å²) in [5, 5.41) is 0. The van der Waals surface area contributed by atoms with Gasteiger partial charge in [0.05, 0.1) is 13.1 Å². The number of hydrogen-bond donors (Lipinski definition) is 0. The number of imidazole rings is 1. The Morgan fingerprint density at radius 2 is 0.939 bits per heavy atom. The van der Waals surface area contributed by atoms with E-state index < -0.39 is 0 Å². The summed E-state index contributed by atoms with van der Waals surface area (Å²) >= 11 is 0. The van der Waals surface area contributed by atoms with Crippen molar-refractivity contribution in [1.29, 1.82) is 0 Å². The Morgan fingerprint density at radius 3 is 1.39 bits per heavy atom. The van der Waals surface area contributed by atoms with Gasteiger partial charge in [0.1, 0.15) is 12.4 Å². The lowest BCUT2D eigenvalue weighted by atomic mass is 10.0. The molecule has 0 aliphatic heterocycles. The lowest BCUT2D eigenvalue weighted by Gasteiger charge is -2.06. The fourth-order valence-corrected chi connectivity index (χ4v) is 5.13. The van der Waals surface area contributed by atoms with E-state index in [4.69, 9.17) is 0 Å². The topological polar surface area (TPSA) is 8.81 Å². The minimum Gasteiger partial charge on any atom is -0.234 e. The van der Waals surface area contributed by atoms with Crippen LogP contribution in [0.3, 0.4) is 0 Å². The van der Waals surface area contributed by atoms with Crippen molar-refractivity contribution in [3.05, 3.63) is 18.2 Å². The van der Waals surface area contributed by atoms with Crippen molar-refractivity contribution in [2.24, 2.45) is 0 Å². The van der Waals surface area contributed by atoms with Crippen molar-refractivity contribution in [2.45, 2.75) is 182 Å². The molecule has 0 radical (unpaired) electrons. The van der Waals surface area contributed by atoms with Crippen LogP contribution < -0.4 is 4.57 Å². The van der Waals surface area contributed by atoms with Crippen molar-refractivity contribution in [1.82, 2.24) is 4.57 Å². The van der Waals surface area contributed by atoms with E-state index in [1.54, 1.807) is 5.82 Å². The fraction of sp³-hybridized carbons (Fsp3) is 0.903. The van der Waals surface area contributed by atoms with Crippen LogP contribution in [0.1, 0.15) is 168 Å². The molecule has 1 aromatic heterocycles. The zero-order chi connectivity index (χ0) is 23.8. The molecule has 0 amide bonds. The van der Waals surface area contributed by atoms with Gasteiger partial charge in [-0.15, -0.1) is 0 Å². The summed E-state index contributed by atoms with van der Waals surface area (Å²) in [7, 11) is 0. The molecule has 0 unspecified atom stereocenters. The molecule has 0 fully saturated rings. The summed E-state index contributed by atoms with van der Waals surface area (Å²) in [6.45, 7) is 9.36. The third kappa shape index (κ3) is 16.5. The van der Waals surface area contributed by atoms with Gasteiger partial charge in [0.15, 0.2) is 0 Å². The van der Waals surface area contributed by atoms with Crippen LogP contribution in [0.25, 0.3) is 0 Å². The van der Waals surface area contributed by atoms with Crippen LogP contribution in [0.2, 0.25) is 0 Å². The maximum atomic E-state index is 2.56. The number of aromatic nitrogens is 2. The van der Waals surface area contributed by atoms with Crippen molar-refractivity contribution < 1.29 is 4.57 Å². The van der Waals surface area contributed by atoms with E-state index >= 15 is 0 Å². The van der Waals surface area contributed by atoms with E-state index in [9.17, 15) is 0 Å². The van der Waals surface area contributed by atoms with Crippen molar-refractivity contribution in [3.63, 3.8) is 0 Å². The number of nitrogens with zero attached hydrogens (tertiary/aromatic N) is 2. The Kier molecular flexibility index (Phi) is 21.1. The van der Waals surface area contributed by atoms with Gasteiger partial charge < -0.3 is 0 Å². The molecule has 0 saturated heterocycles. The van der Waals surface area contributed by atoms with Crippen LogP contribution >= 0.6 is 0 Å². The van der Waals surface area contributed by atoms with E-state index in [2.05, 4.69) is 42.3 Å². The van der Waals surface area contributed by atoms with Gasteiger partial charge in [-0.25, -0.2) is 9.13 Å². The monoisotopic (exact) mass is 461 g/mol. The molecule has 33 heavy (non-hydrogen) atoms. The minimum absolute atomic E-state index is 1.22. The second-order valence-electron chi connectivity index (χ2n) is 10.6. The Bertz CT molecular complexity index is 519. The van der Waals surface area contributed by atoms with Gasteiger partial charge in [0.2, 0.25) is 0 Å². The maximum absolute atomic E-state index is 2.56. The minimum atomic E-state index is 1.22. The van der Waals surface area contributed by atoms with Crippen LogP contribution in [-0.2, 0) is 19.5 Å². The Morgan fingerprint density at radius 1 is 0.515 bits per heavy atom. The summed E-state index contributed by atoms with van der Waals surface area (Å²) in [4.78, 5) is 0. The first kappa shape index (κ1) is 30.2. The number of aryl methyl sites for hydroxylation is 2. The largest absolute Gasteiger partial charge is 0.256 e. The highest BCUT2D eigenvalue weighted by Crippen LogP contribution is 2.14. The number of unbranched alkanes of at least 4 members (excludes halogenated alkanes) is 19. The second kappa shape index (κ2) is 23.0. The van der Waals surface area contributed by atoms with Gasteiger partial charge in [-0.3, -0.25) is 0 Å². The molecule has 0 aliphatic rings. The Labute approximate surface area is 208 Å². The number of hydrogen-bond acceptors (Lipinski definition) is 0. The molecule has 2 heteroatoms. The molecule has 1 heterocycles. The molecular weight excluding hydrogens is 400 g/mol. The molecule has 0 aromatic carbocycles. The van der Waals surface area contributed by atoms with E-state index in [-0.39, 0.29) is 0 Å². The first-order valence-electron chi connectivity index (χ1n) is 15.4. The summed E-state index contributed by atoms with van der Waals surface area (Å²) in [6, 6.07) is 0. The average molecular weight is 462 g/mol. The normalized spacial score (nSPS) is 11.5. The van der Waals surface area contributed by atoms with Gasteiger partial charge in [0.25, 0.3) is 5.82 Å². The standard InChI is InChI=1S/C31H61N2/c1-4-7-9-11-13-14-15-16-17-18-19-20-21-23-25-28-33-30-29-32(31(33)26-6-3)27-24-22-12-10-8-5-2/h29-30H,4-28H2,1-3H3/q+1. The summed E-state index contributed by atoms with van der Waals surface area (Å²) in [5.74, 6) is 1.57. The van der Waals surface area contributed by atoms with Gasteiger partial charge in [0, 0.05) is 6.42 Å². The van der Waals surface area contributed by atoms with Gasteiger partial charge in [-0.1, -0.05) is 130 Å². The van der Waals surface area contributed by atoms with E-state index in [1.165, 1.54) is 161 Å². The maximum Gasteiger partial charge on any atom is 0.256 e. The quantitative estimate of drug-likeness (QED) is 0.101. The molecule has 1 aromatic rings. The van der Waals surface area contributed by atoms with Crippen LogP contribution in [0.5, 0.6) is 0 Å². The summed E-state index contributed by atoms with van der Waals surface area (Å²) in [5.41, 5.74) is 0. The van der Waals surface area contributed by atoms with Crippen molar-refractivity contribution in [3.8, 4) is 0 Å². The first-order chi connectivity index (χ1) is 16.3. The van der Waals surface area contributed by atoms with Gasteiger partial charge in [-0.2, -0.15) is 0 Å². The van der Waals surface area contributed by atoms with Gasteiger partial charge in [-0.05, 0) is 32.1 Å². The molecule has 0 aliphatic carbocycles. The van der Waals surface area contributed by atoms with Crippen LogP contribution in [0.15, 0.2) is 12.4 Å². The smallest absolute Gasteiger partial charge is 0.234 e. The third-order valence-corrected chi connectivity index (χ3v) is 7.32. The Hall–Kier alpha value is -0.790. The van der Waals surface area contributed by atoms with Crippen molar-refractivity contribution >= 4 is 0 Å². The predicted octanol–water partition coefficient (Wildman–Crippen LogP) is 9.96. The van der Waals surface area contributed by atoms with Crippen LogP contribution in [0.4, 0.5) is 0 Å². The van der Waals surface area contributed by atoms with Crippen LogP contribution in [-0.4, -0.2) is 4.57 Å². The average Bonchev–Trinajstić information content (AvgIpc) is 3.20. The second-order valence-corrected chi connectivity index (χ2v) is 10.6. The number of rotatable bonds is 25. The van der Waals surface area contributed by atoms with E-state index in [1.807, 2.05) is 0 Å². The molecule has 1 rings (SSSR count). The zero-order valence-electron chi connectivity index (χ0n) is 23.2. The fourth-order valence-electron chi connectivity index (χ4n) is 5.13. The highest BCUT2D eigenvalue weighted by molar-refractivity contribution is 4.84. The third-order valence-electron chi connectivity index (χ3n) is 7.32. The lowest BCUT2D eigenvalue weighted by Crippen LogP contribution is -2.37. The first-order valence-corrected chi connectivity index (χ1v) is 15.4. The molecule has 0 spiro atoms. The molecule has 0 bridgehead atoms. The zero-order valence-corrected chi connectivity index (χ0v) is 23.2.